The summed E-state index contributed by atoms with van der Waals surface area (Å²) in [7, 11) is 0. The first-order valence-electron chi connectivity index (χ1n) is 5.21. The molecule has 1 unspecified atom stereocenters. The van der Waals surface area contributed by atoms with Crippen LogP contribution in [0.5, 0.6) is 5.75 Å². The quantitative estimate of drug-likeness (QED) is 0.601. The molecule has 2 rings (SSSR count). The normalized spacial score (nSPS) is 19.1. The standard InChI is InChI=1S/C11H14N2O3/c1-7(12)11(4-5-11)9-6-8(13(15)16)2-3-10(9)14/h2-3,6-7,14H,4-5,12H2,1H3. The van der Waals surface area contributed by atoms with Gasteiger partial charge in [-0.25, -0.2) is 0 Å². The van der Waals surface area contributed by atoms with Gasteiger partial charge < -0.3 is 10.8 Å². The van der Waals surface area contributed by atoms with Crippen LogP contribution in [-0.2, 0) is 5.41 Å². The molecule has 1 saturated carbocycles. The summed E-state index contributed by atoms with van der Waals surface area (Å²) in [4.78, 5) is 10.2. The second kappa shape index (κ2) is 3.45. The molecule has 0 amide bonds. The van der Waals surface area contributed by atoms with Crippen LogP contribution in [0.15, 0.2) is 18.2 Å². The Morgan fingerprint density at radius 3 is 2.62 bits per heavy atom. The van der Waals surface area contributed by atoms with Gasteiger partial charge in [-0.15, -0.1) is 0 Å². The number of nitro benzene ring substituents is 1. The molecule has 1 aliphatic carbocycles. The van der Waals surface area contributed by atoms with E-state index in [1.807, 2.05) is 6.92 Å². The molecule has 1 aromatic rings. The van der Waals surface area contributed by atoms with Crippen molar-refractivity contribution in [3.05, 3.63) is 33.9 Å². The number of phenols is 1. The Kier molecular flexibility index (Phi) is 2.35. The fourth-order valence-corrected chi connectivity index (χ4v) is 2.14. The van der Waals surface area contributed by atoms with E-state index in [9.17, 15) is 15.2 Å². The summed E-state index contributed by atoms with van der Waals surface area (Å²) >= 11 is 0. The number of rotatable bonds is 3. The monoisotopic (exact) mass is 222 g/mol. The van der Waals surface area contributed by atoms with Crippen molar-refractivity contribution in [1.29, 1.82) is 0 Å². The highest BCUT2D eigenvalue weighted by Crippen LogP contribution is 2.53. The van der Waals surface area contributed by atoms with Crippen molar-refractivity contribution in [2.75, 3.05) is 0 Å². The summed E-state index contributed by atoms with van der Waals surface area (Å²) in [5, 5.41) is 20.4. The van der Waals surface area contributed by atoms with Crippen molar-refractivity contribution in [2.45, 2.75) is 31.2 Å². The van der Waals surface area contributed by atoms with Crippen LogP contribution in [0.4, 0.5) is 5.69 Å². The highest BCUT2D eigenvalue weighted by Gasteiger charge is 2.49. The van der Waals surface area contributed by atoms with Gasteiger partial charge >= 0.3 is 0 Å². The van der Waals surface area contributed by atoms with Crippen LogP contribution in [-0.4, -0.2) is 16.1 Å². The maximum atomic E-state index is 10.7. The number of nitrogens with zero attached hydrogens (tertiary/aromatic N) is 1. The van der Waals surface area contributed by atoms with Gasteiger partial charge in [-0.05, 0) is 25.8 Å². The Morgan fingerprint density at radius 1 is 1.56 bits per heavy atom. The van der Waals surface area contributed by atoms with E-state index in [0.29, 0.717) is 5.56 Å². The van der Waals surface area contributed by atoms with Gasteiger partial charge in [0.05, 0.1) is 4.92 Å². The van der Waals surface area contributed by atoms with Crippen molar-refractivity contribution < 1.29 is 10.0 Å². The van der Waals surface area contributed by atoms with E-state index in [0.717, 1.165) is 12.8 Å². The van der Waals surface area contributed by atoms with Crippen LogP contribution < -0.4 is 5.73 Å². The number of nitrogens with two attached hydrogens (primary N) is 1. The van der Waals surface area contributed by atoms with Gasteiger partial charge in [0.25, 0.3) is 5.69 Å². The van der Waals surface area contributed by atoms with Crippen LogP contribution in [0.2, 0.25) is 0 Å². The lowest BCUT2D eigenvalue weighted by atomic mass is 9.88. The zero-order chi connectivity index (χ0) is 11.9. The van der Waals surface area contributed by atoms with Gasteiger partial charge in [-0.1, -0.05) is 0 Å². The average Bonchev–Trinajstić information content (AvgIpc) is 2.98. The Bertz CT molecular complexity index is 439. The molecule has 1 aliphatic rings. The van der Waals surface area contributed by atoms with Crippen LogP contribution >= 0.6 is 0 Å². The molecule has 1 atom stereocenters. The highest BCUT2D eigenvalue weighted by molar-refractivity contribution is 5.50. The Morgan fingerprint density at radius 2 is 2.19 bits per heavy atom. The molecule has 0 aromatic heterocycles. The fraction of sp³-hybridized carbons (Fsp3) is 0.455. The summed E-state index contributed by atoms with van der Waals surface area (Å²) in [6, 6.07) is 4.00. The van der Waals surface area contributed by atoms with Crippen LogP contribution in [0.25, 0.3) is 0 Å². The van der Waals surface area contributed by atoms with Crippen LogP contribution in [0, 0.1) is 10.1 Å². The Hall–Kier alpha value is -1.62. The third-order valence-corrected chi connectivity index (χ3v) is 3.39. The molecule has 0 heterocycles. The predicted octanol–water partition coefficient (Wildman–Crippen LogP) is 1.68. The number of aromatic hydroxyl groups is 1. The lowest BCUT2D eigenvalue weighted by Gasteiger charge is -2.20. The molecular formula is C11H14N2O3. The zero-order valence-electron chi connectivity index (χ0n) is 9.01. The highest BCUT2D eigenvalue weighted by atomic mass is 16.6. The minimum atomic E-state index is -0.458. The molecular weight excluding hydrogens is 208 g/mol. The maximum Gasteiger partial charge on any atom is 0.269 e. The van der Waals surface area contributed by atoms with Gasteiger partial charge in [-0.3, -0.25) is 10.1 Å². The summed E-state index contributed by atoms with van der Waals surface area (Å²) < 4.78 is 0. The van der Waals surface area contributed by atoms with E-state index < -0.39 is 4.92 Å². The van der Waals surface area contributed by atoms with Crippen LogP contribution in [0.3, 0.4) is 0 Å². The van der Waals surface area contributed by atoms with Crippen molar-refractivity contribution in [3.8, 4) is 5.75 Å². The largest absolute Gasteiger partial charge is 0.508 e. The van der Waals surface area contributed by atoms with Gasteiger partial charge in [-0.2, -0.15) is 0 Å². The third kappa shape index (κ3) is 1.53. The summed E-state index contributed by atoms with van der Waals surface area (Å²) in [6.07, 6.45) is 1.75. The van der Waals surface area contributed by atoms with Crippen molar-refractivity contribution in [1.82, 2.24) is 0 Å². The van der Waals surface area contributed by atoms with Gasteiger partial charge in [0.2, 0.25) is 0 Å². The molecule has 5 heteroatoms. The Labute approximate surface area is 93.0 Å². The third-order valence-electron chi connectivity index (χ3n) is 3.39. The molecule has 16 heavy (non-hydrogen) atoms. The van der Waals surface area contributed by atoms with Crippen molar-refractivity contribution in [2.24, 2.45) is 5.73 Å². The number of non-ortho nitro benzene ring substituents is 1. The molecule has 3 N–H and O–H groups in total. The maximum absolute atomic E-state index is 10.7. The zero-order valence-corrected chi connectivity index (χ0v) is 9.01. The fourth-order valence-electron chi connectivity index (χ4n) is 2.14. The summed E-state index contributed by atoms with van der Waals surface area (Å²) in [5.74, 6) is 0.0976. The van der Waals surface area contributed by atoms with Crippen LogP contribution in [0.1, 0.15) is 25.3 Å². The molecule has 0 aliphatic heterocycles. The van der Waals surface area contributed by atoms with E-state index in [2.05, 4.69) is 0 Å². The van der Waals surface area contributed by atoms with E-state index >= 15 is 0 Å². The number of phenolic OH excluding ortho intramolecular Hbond substituents is 1. The SMILES string of the molecule is CC(N)C1(c2cc([N+](=O)[O-])ccc2O)CC1. The molecule has 0 saturated heterocycles. The molecule has 0 radical (unpaired) electrons. The molecule has 5 nitrogen and oxygen atoms in total. The second-order valence-corrected chi connectivity index (χ2v) is 4.40. The molecule has 0 bridgehead atoms. The first-order valence-corrected chi connectivity index (χ1v) is 5.21. The number of nitro groups is 1. The molecule has 1 fully saturated rings. The topological polar surface area (TPSA) is 89.4 Å². The second-order valence-electron chi connectivity index (χ2n) is 4.40. The Balaban J connectivity index is 2.48. The van der Waals surface area contributed by atoms with E-state index in [4.69, 9.17) is 5.73 Å². The summed E-state index contributed by atoms with van der Waals surface area (Å²) in [6.45, 7) is 1.87. The predicted molar refractivity (Wildman–Crippen MR) is 59.3 cm³/mol. The number of hydrogen-bond acceptors (Lipinski definition) is 4. The van der Waals surface area contributed by atoms with E-state index in [1.165, 1.54) is 18.2 Å². The molecule has 0 spiro atoms. The lowest BCUT2D eigenvalue weighted by Crippen LogP contribution is -2.31. The van der Waals surface area contributed by atoms with Gasteiger partial charge in [0.15, 0.2) is 0 Å². The molecule has 86 valence electrons. The minimum absolute atomic E-state index is 0.000255. The van der Waals surface area contributed by atoms with Crippen molar-refractivity contribution in [3.63, 3.8) is 0 Å². The first-order chi connectivity index (χ1) is 7.47. The number of benzene rings is 1. The smallest absolute Gasteiger partial charge is 0.269 e. The van der Waals surface area contributed by atoms with Gasteiger partial charge in [0.1, 0.15) is 5.75 Å². The van der Waals surface area contributed by atoms with Crippen molar-refractivity contribution >= 4 is 5.69 Å². The first kappa shape index (κ1) is 10.9. The summed E-state index contributed by atoms with van der Waals surface area (Å²) in [5.41, 5.74) is 6.22. The minimum Gasteiger partial charge on any atom is -0.508 e. The average molecular weight is 222 g/mol. The lowest BCUT2D eigenvalue weighted by molar-refractivity contribution is -0.385. The van der Waals surface area contributed by atoms with Gasteiger partial charge in [0, 0.05) is 29.2 Å². The number of hydrogen-bond donors (Lipinski definition) is 2. The van der Waals surface area contributed by atoms with E-state index in [-0.39, 0.29) is 22.9 Å². The molecule has 1 aromatic carbocycles. The van der Waals surface area contributed by atoms with E-state index in [1.54, 1.807) is 0 Å².